The maximum absolute atomic E-state index is 8.88. The molecule has 0 aliphatic carbocycles. The molecule has 0 heterocycles. The van der Waals surface area contributed by atoms with Crippen molar-refractivity contribution in [3.05, 3.63) is 0 Å². The summed E-state index contributed by atoms with van der Waals surface area (Å²) < 4.78 is 8.88. The quantitative estimate of drug-likeness (QED) is 0.325. The van der Waals surface area contributed by atoms with Crippen molar-refractivity contribution in [1.82, 2.24) is 0 Å². The first-order valence-corrected chi connectivity index (χ1v) is 9.37. The molecule has 0 saturated carbocycles. The largest absolute Gasteiger partial charge is 0.466 e. The fourth-order valence-corrected chi connectivity index (χ4v) is 1.95. The molecule has 0 aromatic carbocycles. The smallest absolute Gasteiger partial charge is 0.396 e. The van der Waals surface area contributed by atoms with Gasteiger partial charge in [0, 0.05) is 6.61 Å². The van der Waals surface area contributed by atoms with Gasteiger partial charge in [0.05, 0.1) is 0 Å². The fourth-order valence-electron chi connectivity index (χ4n) is 1.95. The Labute approximate surface area is 123 Å². The molecule has 20 heavy (non-hydrogen) atoms. The maximum atomic E-state index is 8.88. The fraction of sp³-hybridized carbons (Fsp3) is 1.00. The molecule has 0 bridgehead atoms. The van der Waals surface area contributed by atoms with Gasteiger partial charge in [0.25, 0.3) is 0 Å². The summed E-state index contributed by atoms with van der Waals surface area (Å²) in [5.41, 5.74) is 0. The Morgan fingerprint density at radius 2 is 0.900 bits per heavy atom. The molecule has 0 aromatic heterocycles. The topological polar surface area (TPSA) is 98.0 Å². The number of rotatable bonds is 12. The van der Waals surface area contributed by atoms with Gasteiger partial charge in [0.2, 0.25) is 0 Å². The number of aliphatic hydroxyl groups excluding tert-OH is 1. The van der Waals surface area contributed by atoms with Crippen LogP contribution in [0.5, 0.6) is 0 Å². The molecule has 0 unspecified atom stereocenters. The number of unbranched alkanes of at least 4 members (excludes halogenated alkanes) is 11. The van der Waals surface area contributed by atoms with E-state index in [1.54, 1.807) is 0 Å². The molecule has 0 fully saturated rings. The minimum absolute atomic E-state index is 0.372. The summed E-state index contributed by atoms with van der Waals surface area (Å²) in [6, 6.07) is 0. The summed E-state index contributed by atoms with van der Waals surface area (Å²) in [4.78, 5) is 21.6. The zero-order chi connectivity index (χ0) is 15.7. The van der Waals surface area contributed by atoms with Gasteiger partial charge in [0.15, 0.2) is 0 Å². The Morgan fingerprint density at radius 3 is 1.15 bits per heavy atom. The first-order chi connectivity index (χ1) is 9.41. The van der Waals surface area contributed by atoms with Gasteiger partial charge in [-0.05, 0) is 6.42 Å². The SMILES string of the molecule is CCCCCCCCCCCCCCO.O=P(O)(O)O. The first kappa shape index (κ1) is 22.4. The Balaban J connectivity index is 0. The van der Waals surface area contributed by atoms with Crippen molar-refractivity contribution in [3.8, 4) is 0 Å². The molecular formula is C14H33O5P. The molecule has 0 saturated heterocycles. The standard InChI is InChI=1S/C14H30O.H3O4P/c1-2-3-4-5-6-7-8-9-10-11-12-13-14-15;1-5(2,3)4/h15H,2-14H2,1H3;(H3,1,2,3,4). The third-order valence-electron chi connectivity index (χ3n) is 3.01. The zero-order valence-corrected chi connectivity index (χ0v) is 13.7. The molecule has 0 aliphatic rings. The summed E-state index contributed by atoms with van der Waals surface area (Å²) in [7, 11) is -4.64. The van der Waals surface area contributed by atoms with Crippen molar-refractivity contribution in [2.45, 2.75) is 84.0 Å². The van der Waals surface area contributed by atoms with Gasteiger partial charge in [-0.3, -0.25) is 0 Å². The lowest BCUT2D eigenvalue weighted by Gasteiger charge is -2.01. The van der Waals surface area contributed by atoms with Crippen LogP contribution in [0.1, 0.15) is 84.0 Å². The van der Waals surface area contributed by atoms with Crippen LogP contribution in [0.4, 0.5) is 0 Å². The highest BCUT2D eigenvalue weighted by Crippen LogP contribution is 2.25. The monoisotopic (exact) mass is 312 g/mol. The van der Waals surface area contributed by atoms with Crippen LogP contribution in [-0.4, -0.2) is 26.4 Å². The summed E-state index contributed by atoms with van der Waals surface area (Å²) in [5, 5.41) is 8.61. The van der Waals surface area contributed by atoms with Gasteiger partial charge >= 0.3 is 7.82 Å². The van der Waals surface area contributed by atoms with Crippen LogP contribution < -0.4 is 0 Å². The van der Waals surface area contributed by atoms with Crippen LogP contribution >= 0.6 is 7.82 Å². The summed E-state index contributed by atoms with van der Waals surface area (Å²) in [5.74, 6) is 0. The van der Waals surface area contributed by atoms with Crippen LogP contribution in [0.3, 0.4) is 0 Å². The number of aliphatic hydroxyl groups is 1. The van der Waals surface area contributed by atoms with Crippen molar-refractivity contribution >= 4 is 7.82 Å². The highest BCUT2D eigenvalue weighted by atomic mass is 31.2. The second kappa shape index (κ2) is 17.1. The van der Waals surface area contributed by atoms with Gasteiger partial charge < -0.3 is 19.8 Å². The van der Waals surface area contributed by atoms with E-state index in [1.807, 2.05) is 0 Å². The molecule has 0 amide bonds. The summed E-state index contributed by atoms with van der Waals surface area (Å²) in [6.45, 7) is 2.64. The highest BCUT2D eigenvalue weighted by molar-refractivity contribution is 7.45. The van der Waals surface area contributed by atoms with Gasteiger partial charge in [-0.15, -0.1) is 0 Å². The molecular weight excluding hydrogens is 279 g/mol. The van der Waals surface area contributed by atoms with E-state index >= 15 is 0 Å². The summed E-state index contributed by atoms with van der Waals surface area (Å²) >= 11 is 0. The lowest BCUT2D eigenvalue weighted by molar-refractivity contribution is 0.275. The predicted octanol–water partition coefficient (Wildman–Crippen LogP) is 3.75. The van der Waals surface area contributed by atoms with E-state index in [1.165, 1.54) is 70.6 Å². The van der Waals surface area contributed by atoms with E-state index in [0.29, 0.717) is 6.61 Å². The highest BCUT2D eigenvalue weighted by Gasteiger charge is 2.00. The van der Waals surface area contributed by atoms with E-state index in [9.17, 15) is 0 Å². The molecule has 0 radical (unpaired) electrons. The van der Waals surface area contributed by atoms with Crippen LogP contribution in [0.25, 0.3) is 0 Å². The van der Waals surface area contributed by atoms with Crippen LogP contribution in [0, 0.1) is 0 Å². The molecule has 5 nitrogen and oxygen atoms in total. The summed E-state index contributed by atoms with van der Waals surface area (Å²) in [6.07, 6.45) is 16.2. The minimum Gasteiger partial charge on any atom is -0.396 e. The number of hydrogen-bond acceptors (Lipinski definition) is 2. The molecule has 0 spiro atoms. The van der Waals surface area contributed by atoms with Crippen molar-refractivity contribution in [2.75, 3.05) is 6.61 Å². The van der Waals surface area contributed by atoms with Crippen LogP contribution in [-0.2, 0) is 4.57 Å². The Kier molecular flexibility index (Phi) is 19.1. The third-order valence-corrected chi connectivity index (χ3v) is 3.01. The molecule has 124 valence electrons. The average molecular weight is 312 g/mol. The van der Waals surface area contributed by atoms with Gasteiger partial charge in [0.1, 0.15) is 0 Å². The average Bonchev–Trinajstić information content (AvgIpc) is 2.34. The Hall–Kier alpha value is 0.0700. The van der Waals surface area contributed by atoms with Crippen LogP contribution in [0.15, 0.2) is 0 Å². The van der Waals surface area contributed by atoms with Crippen molar-refractivity contribution in [3.63, 3.8) is 0 Å². The molecule has 6 heteroatoms. The van der Waals surface area contributed by atoms with E-state index in [-0.39, 0.29) is 0 Å². The van der Waals surface area contributed by atoms with E-state index in [4.69, 9.17) is 24.4 Å². The van der Waals surface area contributed by atoms with Crippen molar-refractivity contribution in [1.29, 1.82) is 0 Å². The first-order valence-electron chi connectivity index (χ1n) is 7.81. The molecule has 0 rings (SSSR count). The molecule has 0 atom stereocenters. The van der Waals surface area contributed by atoms with Crippen LogP contribution in [0.2, 0.25) is 0 Å². The normalized spacial score (nSPS) is 11.1. The van der Waals surface area contributed by atoms with Gasteiger partial charge in [-0.1, -0.05) is 77.6 Å². The lowest BCUT2D eigenvalue weighted by Crippen LogP contribution is -1.84. The van der Waals surface area contributed by atoms with E-state index < -0.39 is 7.82 Å². The second-order valence-corrected chi connectivity index (χ2v) is 6.15. The van der Waals surface area contributed by atoms with Crippen molar-refractivity contribution in [2.24, 2.45) is 0 Å². The zero-order valence-electron chi connectivity index (χ0n) is 12.8. The molecule has 0 aliphatic heterocycles. The molecule has 4 N–H and O–H groups in total. The lowest BCUT2D eigenvalue weighted by atomic mass is 10.1. The van der Waals surface area contributed by atoms with Gasteiger partial charge in [-0.25, -0.2) is 4.57 Å². The second-order valence-electron chi connectivity index (χ2n) is 5.13. The van der Waals surface area contributed by atoms with Crippen molar-refractivity contribution < 1.29 is 24.4 Å². The van der Waals surface area contributed by atoms with Gasteiger partial charge in [-0.2, -0.15) is 0 Å². The number of phosphoric acid groups is 1. The maximum Gasteiger partial charge on any atom is 0.466 e. The Bertz CT molecular complexity index is 197. The predicted molar refractivity (Wildman–Crippen MR) is 82.4 cm³/mol. The minimum atomic E-state index is -4.64. The third kappa shape index (κ3) is 36.1. The molecule has 0 aromatic rings. The Morgan fingerprint density at radius 1 is 0.650 bits per heavy atom. The number of hydrogen-bond donors (Lipinski definition) is 4. The van der Waals surface area contributed by atoms with E-state index in [2.05, 4.69) is 6.92 Å². The van der Waals surface area contributed by atoms with E-state index in [0.717, 1.165) is 6.42 Å².